The number of rotatable bonds is 2. The number of phenols is 1. The minimum Gasteiger partial charge on any atom is -0.504 e. The van der Waals surface area contributed by atoms with Crippen LogP contribution in [0.1, 0.15) is 5.56 Å². The number of hydrogen-bond acceptors (Lipinski definition) is 2. The number of carboxylic acid groups (broad SMARTS) is 1. The van der Waals surface area contributed by atoms with Crippen LogP contribution >= 0.6 is 15.9 Å². The predicted molar refractivity (Wildman–Crippen MR) is 52.4 cm³/mol. The summed E-state index contributed by atoms with van der Waals surface area (Å²) in [6, 6.07) is 2.32. The summed E-state index contributed by atoms with van der Waals surface area (Å²) in [6.45, 7) is 3.22. The zero-order valence-electron chi connectivity index (χ0n) is 6.92. The molecule has 0 bridgehead atoms. The molecule has 1 rings (SSSR count). The highest BCUT2D eigenvalue weighted by Gasteiger charge is 2.15. The van der Waals surface area contributed by atoms with E-state index in [2.05, 4.69) is 22.5 Å². The molecule has 1 aromatic rings. The van der Waals surface area contributed by atoms with Crippen LogP contribution in [0.3, 0.4) is 0 Å². The van der Waals surface area contributed by atoms with Crippen LogP contribution in [-0.2, 0) is 4.79 Å². The van der Waals surface area contributed by atoms with Gasteiger partial charge in [-0.3, -0.25) is 0 Å². The molecule has 0 saturated heterocycles. The number of hydrogen-bond donors (Lipinski definition) is 2. The first-order chi connectivity index (χ1) is 6.43. The topological polar surface area (TPSA) is 57.5 Å². The third-order valence-corrected chi connectivity index (χ3v) is 2.07. The molecule has 5 heteroatoms. The van der Waals surface area contributed by atoms with Crippen LogP contribution in [-0.4, -0.2) is 16.2 Å². The second-order valence-electron chi connectivity index (χ2n) is 2.57. The van der Waals surface area contributed by atoms with Crippen molar-refractivity contribution in [2.24, 2.45) is 0 Å². The molecule has 0 heterocycles. The Bertz CT molecular complexity index is 415. The Morgan fingerprint density at radius 3 is 2.57 bits per heavy atom. The summed E-state index contributed by atoms with van der Waals surface area (Å²) < 4.78 is 13.3. The summed E-state index contributed by atoms with van der Waals surface area (Å²) in [5.41, 5.74) is -0.493. The number of carbonyl (C=O) groups is 1. The fourth-order valence-corrected chi connectivity index (χ4v) is 1.34. The normalized spacial score (nSPS) is 9.86. The molecule has 0 aliphatic heterocycles. The minimum absolute atomic E-state index is 0.135. The van der Waals surface area contributed by atoms with Crippen LogP contribution < -0.4 is 0 Å². The molecule has 74 valence electrons. The molecule has 0 fully saturated rings. The van der Waals surface area contributed by atoms with E-state index in [4.69, 9.17) is 5.11 Å². The van der Waals surface area contributed by atoms with Gasteiger partial charge >= 0.3 is 5.97 Å². The smallest absolute Gasteiger partial charge is 0.335 e. The standard InChI is InChI=1S/C9H6BrFO3/c1-4(9(13)14)6-2-5(10)3-7(11)8(6)12/h2-3,12H,1H2,(H,13,14). The summed E-state index contributed by atoms with van der Waals surface area (Å²) in [7, 11) is 0. The van der Waals surface area contributed by atoms with E-state index in [9.17, 15) is 14.3 Å². The highest BCUT2D eigenvalue weighted by atomic mass is 79.9. The zero-order valence-corrected chi connectivity index (χ0v) is 8.51. The van der Waals surface area contributed by atoms with E-state index in [1.165, 1.54) is 6.07 Å². The lowest BCUT2D eigenvalue weighted by Crippen LogP contribution is -1.99. The van der Waals surface area contributed by atoms with Crippen molar-refractivity contribution in [3.8, 4) is 5.75 Å². The summed E-state index contributed by atoms with van der Waals surface area (Å²) in [5, 5.41) is 17.8. The maximum atomic E-state index is 12.9. The fourth-order valence-electron chi connectivity index (χ4n) is 0.911. The fraction of sp³-hybridized carbons (Fsp3) is 0. The predicted octanol–water partition coefficient (Wildman–Crippen LogP) is 2.39. The van der Waals surface area contributed by atoms with Gasteiger partial charge in [0.2, 0.25) is 0 Å². The maximum absolute atomic E-state index is 12.9. The average Bonchev–Trinajstić information content (AvgIpc) is 2.09. The van der Waals surface area contributed by atoms with E-state index in [1.807, 2.05) is 0 Å². The molecule has 0 aliphatic carbocycles. The highest BCUT2D eigenvalue weighted by molar-refractivity contribution is 9.10. The van der Waals surface area contributed by atoms with Gasteiger partial charge in [0.15, 0.2) is 11.6 Å². The van der Waals surface area contributed by atoms with Gasteiger partial charge in [-0.15, -0.1) is 0 Å². The van der Waals surface area contributed by atoms with Gasteiger partial charge in [0.05, 0.1) is 5.57 Å². The molecule has 0 unspecified atom stereocenters. The number of benzene rings is 1. The maximum Gasteiger partial charge on any atom is 0.335 e. The molecule has 0 aliphatic rings. The lowest BCUT2D eigenvalue weighted by Gasteiger charge is -2.05. The van der Waals surface area contributed by atoms with Gasteiger partial charge in [-0.05, 0) is 12.1 Å². The van der Waals surface area contributed by atoms with E-state index >= 15 is 0 Å². The van der Waals surface area contributed by atoms with E-state index in [0.29, 0.717) is 4.47 Å². The second kappa shape index (κ2) is 3.79. The minimum atomic E-state index is -1.31. The van der Waals surface area contributed by atoms with Crippen molar-refractivity contribution in [1.82, 2.24) is 0 Å². The second-order valence-corrected chi connectivity index (χ2v) is 3.48. The summed E-state index contributed by atoms with van der Waals surface area (Å²) >= 11 is 2.98. The van der Waals surface area contributed by atoms with E-state index < -0.39 is 17.5 Å². The Balaban J connectivity index is 3.34. The van der Waals surface area contributed by atoms with Gasteiger partial charge in [-0.25, -0.2) is 9.18 Å². The molecule has 0 atom stereocenters. The van der Waals surface area contributed by atoms with Crippen LogP contribution in [0, 0.1) is 5.82 Å². The Labute approximate surface area is 87.6 Å². The first-order valence-corrected chi connectivity index (χ1v) is 4.33. The molecule has 0 spiro atoms. The third kappa shape index (κ3) is 1.93. The van der Waals surface area contributed by atoms with Gasteiger partial charge in [0.25, 0.3) is 0 Å². The number of aromatic hydroxyl groups is 1. The quantitative estimate of drug-likeness (QED) is 0.803. The molecule has 0 aromatic heterocycles. The van der Waals surface area contributed by atoms with Crippen molar-refractivity contribution in [2.75, 3.05) is 0 Å². The first-order valence-electron chi connectivity index (χ1n) is 3.54. The third-order valence-electron chi connectivity index (χ3n) is 1.61. The van der Waals surface area contributed by atoms with E-state index in [-0.39, 0.29) is 11.1 Å². The van der Waals surface area contributed by atoms with Crippen molar-refractivity contribution in [2.45, 2.75) is 0 Å². The molecule has 1 aromatic carbocycles. The lowest BCUT2D eigenvalue weighted by molar-refractivity contribution is -0.130. The monoisotopic (exact) mass is 260 g/mol. The molecule has 0 amide bonds. The lowest BCUT2D eigenvalue weighted by atomic mass is 10.1. The number of carboxylic acids is 1. The molecular weight excluding hydrogens is 255 g/mol. The van der Waals surface area contributed by atoms with Crippen LogP contribution in [0.25, 0.3) is 5.57 Å². The molecule has 2 N–H and O–H groups in total. The van der Waals surface area contributed by atoms with Crippen molar-refractivity contribution >= 4 is 27.5 Å². The van der Waals surface area contributed by atoms with Gasteiger partial charge in [0, 0.05) is 10.0 Å². The van der Waals surface area contributed by atoms with Gasteiger partial charge in [-0.2, -0.15) is 0 Å². The summed E-state index contributed by atoms with van der Waals surface area (Å²) in [6.07, 6.45) is 0. The van der Waals surface area contributed by atoms with Crippen LogP contribution in [0.5, 0.6) is 5.75 Å². The zero-order chi connectivity index (χ0) is 10.9. The Morgan fingerprint density at radius 1 is 1.50 bits per heavy atom. The van der Waals surface area contributed by atoms with Crippen LogP contribution in [0.4, 0.5) is 4.39 Å². The van der Waals surface area contributed by atoms with Gasteiger partial charge in [0.1, 0.15) is 0 Å². The molecule has 3 nitrogen and oxygen atoms in total. The Kier molecular flexibility index (Phi) is 2.90. The van der Waals surface area contributed by atoms with Crippen LogP contribution in [0.2, 0.25) is 0 Å². The van der Waals surface area contributed by atoms with Crippen LogP contribution in [0.15, 0.2) is 23.2 Å². The van der Waals surface area contributed by atoms with Crippen molar-refractivity contribution in [3.63, 3.8) is 0 Å². The van der Waals surface area contributed by atoms with Crippen molar-refractivity contribution in [3.05, 3.63) is 34.6 Å². The van der Waals surface area contributed by atoms with E-state index in [1.54, 1.807) is 0 Å². The average molecular weight is 261 g/mol. The van der Waals surface area contributed by atoms with Gasteiger partial charge in [-0.1, -0.05) is 22.5 Å². The molecular formula is C9H6BrFO3. The Hall–Kier alpha value is -1.36. The number of halogens is 2. The highest BCUT2D eigenvalue weighted by Crippen LogP contribution is 2.30. The Morgan fingerprint density at radius 2 is 2.07 bits per heavy atom. The molecule has 0 saturated carbocycles. The van der Waals surface area contributed by atoms with Gasteiger partial charge < -0.3 is 10.2 Å². The van der Waals surface area contributed by atoms with Crippen molar-refractivity contribution < 1.29 is 19.4 Å². The summed E-state index contributed by atoms with van der Waals surface area (Å²) in [4.78, 5) is 10.5. The number of aliphatic carboxylic acids is 1. The molecule has 14 heavy (non-hydrogen) atoms. The molecule has 0 radical (unpaired) electrons. The number of phenolic OH excluding ortho intramolecular Hbond substituents is 1. The SMILES string of the molecule is C=C(C(=O)O)c1cc(Br)cc(F)c1O. The van der Waals surface area contributed by atoms with E-state index in [0.717, 1.165) is 6.07 Å². The largest absolute Gasteiger partial charge is 0.504 e. The summed E-state index contributed by atoms with van der Waals surface area (Å²) in [5.74, 6) is -2.91. The first kappa shape index (κ1) is 10.7. The van der Waals surface area contributed by atoms with Crippen molar-refractivity contribution in [1.29, 1.82) is 0 Å².